The van der Waals surface area contributed by atoms with Gasteiger partial charge in [-0.05, 0) is 52.4 Å². The Morgan fingerprint density at radius 2 is 2.13 bits per heavy atom. The predicted octanol–water partition coefficient (Wildman–Crippen LogP) is 2.99. The molecule has 7 nitrogen and oxygen atoms in total. The Labute approximate surface area is 144 Å². The van der Waals surface area contributed by atoms with Gasteiger partial charge in [0.25, 0.3) is 5.69 Å². The molecule has 0 spiro atoms. The summed E-state index contributed by atoms with van der Waals surface area (Å²) in [6, 6.07) is 7.70. The van der Waals surface area contributed by atoms with Gasteiger partial charge in [0, 0.05) is 28.2 Å². The van der Waals surface area contributed by atoms with Crippen LogP contribution in [0.5, 0.6) is 0 Å². The molecule has 118 valence electrons. The normalized spacial score (nSPS) is 10.7. The van der Waals surface area contributed by atoms with Crippen LogP contribution in [0, 0.1) is 10.1 Å². The number of nitro groups is 1. The number of carbonyl (C=O) groups is 1. The molecule has 3 N–H and O–H groups in total. The van der Waals surface area contributed by atoms with E-state index in [0.717, 1.165) is 0 Å². The van der Waals surface area contributed by atoms with Gasteiger partial charge >= 0.3 is 0 Å². The summed E-state index contributed by atoms with van der Waals surface area (Å²) in [5.41, 5.74) is 5.81. The SMILES string of the molecule is NC(=S)NC(=O)/C=C/c1ccc(-c2ccc([N+](=O)[O-])cc2Br)o1. The summed E-state index contributed by atoms with van der Waals surface area (Å²) < 4.78 is 6.11. The molecule has 0 atom stereocenters. The fourth-order valence-corrected chi connectivity index (χ4v) is 2.39. The molecule has 0 fully saturated rings. The number of hydrogen-bond donors (Lipinski definition) is 2. The Balaban J connectivity index is 2.19. The van der Waals surface area contributed by atoms with E-state index in [9.17, 15) is 14.9 Å². The average Bonchev–Trinajstić information content (AvgIpc) is 2.92. The van der Waals surface area contributed by atoms with Crippen molar-refractivity contribution in [3.63, 3.8) is 0 Å². The quantitative estimate of drug-likeness (QED) is 0.356. The number of nitrogens with one attached hydrogen (secondary N) is 1. The highest BCUT2D eigenvalue weighted by molar-refractivity contribution is 9.10. The first-order valence-electron chi connectivity index (χ1n) is 6.19. The maximum Gasteiger partial charge on any atom is 0.270 e. The molecule has 1 aromatic carbocycles. The number of amides is 1. The highest BCUT2D eigenvalue weighted by Crippen LogP contribution is 2.32. The van der Waals surface area contributed by atoms with Gasteiger partial charge in [-0.1, -0.05) is 0 Å². The van der Waals surface area contributed by atoms with E-state index in [1.807, 2.05) is 0 Å². The molecule has 0 bridgehead atoms. The first kappa shape index (κ1) is 16.8. The fraction of sp³-hybridized carbons (Fsp3) is 0. The van der Waals surface area contributed by atoms with Crippen LogP contribution in [-0.4, -0.2) is 15.9 Å². The van der Waals surface area contributed by atoms with Crippen LogP contribution in [0.1, 0.15) is 5.76 Å². The van der Waals surface area contributed by atoms with E-state index < -0.39 is 10.8 Å². The number of nitro benzene ring substituents is 1. The van der Waals surface area contributed by atoms with E-state index in [2.05, 4.69) is 33.5 Å². The number of nitrogens with two attached hydrogens (primary N) is 1. The summed E-state index contributed by atoms with van der Waals surface area (Å²) in [5.74, 6) is 0.469. The monoisotopic (exact) mass is 395 g/mol. The van der Waals surface area contributed by atoms with Crippen LogP contribution in [0.3, 0.4) is 0 Å². The van der Waals surface area contributed by atoms with Gasteiger partial charge in [-0.3, -0.25) is 20.2 Å². The van der Waals surface area contributed by atoms with Crippen molar-refractivity contribution in [1.29, 1.82) is 0 Å². The number of thiocarbonyl (C=S) groups is 1. The second kappa shape index (κ2) is 7.16. The van der Waals surface area contributed by atoms with E-state index in [1.165, 1.54) is 24.3 Å². The minimum atomic E-state index is -0.481. The average molecular weight is 396 g/mol. The van der Waals surface area contributed by atoms with Crippen LogP contribution in [0.25, 0.3) is 17.4 Å². The topological polar surface area (TPSA) is 111 Å². The minimum Gasteiger partial charge on any atom is -0.457 e. The Kier molecular flexibility index (Phi) is 5.24. The van der Waals surface area contributed by atoms with Gasteiger partial charge in [0.1, 0.15) is 11.5 Å². The second-order valence-corrected chi connectivity index (χ2v) is 5.60. The first-order valence-corrected chi connectivity index (χ1v) is 7.39. The zero-order valence-electron chi connectivity index (χ0n) is 11.5. The van der Waals surface area contributed by atoms with Crippen molar-refractivity contribution in [2.45, 2.75) is 0 Å². The van der Waals surface area contributed by atoms with E-state index >= 15 is 0 Å². The summed E-state index contributed by atoms with van der Waals surface area (Å²) in [6.45, 7) is 0. The molecule has 0 saturated heterocycles. The predicted molar refractivity (Wildman–Crippen MR) is 92.5 cm³/mol. The maximum atomic E-state index is 11.4. The van der Waals surface area contributed by atoms with Crippen molar-refractivity contribution < 1.29 is 14.1 Å². The molecular formula is C14H10BrN3O4S. The lowest BCUT2D eigenvalue weighted by Crippen LogP contribution is -2.33. The van der Waals surface area contributed by atoms with Crippen LogP contribution in [0.2, 0.25) is 0 Å². The molecule has 23 heavy (non-hydrogen) atoms. The molecule has 0 radical (unpaired) electrons. The van der Waals surface area contributed by atoms with Gasteiger partial charge in [0.05, 0.1) is 4.92 Å². The van der Waals surface area contributed by atoms with E-state index in [1.54, 1.807) is 18.2 Å². The van der Waals surface area contributed by atoms with Crippen LogP contribution >= 0.6 is 28.1 Å². The summed E-state index contributed by atoms with van der Waals surface area (Å²) in [6.07, 6.45) is 2.68. The molecule has 0 aliphatic rings. The van der Waals surface area contributed by atoms with Crippen molar-refractivity contribution in [3.8, 4) is 11.3 Å². The van der Waals surface area contributed by atoms with Crippen molar-refractivity contribution in [2.24, 2.45) is 5.73 Å². The fourth-order valence-electron chi connectivity index (χ4n) is 1.73. The van der Waals surface area contributed by atoms with Gasteiger partial charge in [-0.15, -0.1) is 0 Å². The third-order valence-corrected chi connectivity index (χ3v) is 3.46. The number of nitrogens with zero attached hydrogens (tertiary/aromatic N) is 1. The summed E-state index contributed by atoms with van der Waals surface area (Å²) in [7, 11) is 0. The van der Waals surface area contributed by atoms with Crippen molar-refractivity contribution >= 4 is 50.9 Å². The minimum absolute atomic E-state index is 0.0262. The summed E-state index contributed by atoms with van der Waals surface area (Å²) >= 11 is 7.83. The molecule has 1 amide bonds. The lowest BCUT2D eigenvalue weighted by atomic mass is 10.1. The van der Waals surface area contributed by atoms with Gasteiger partial charge < -0.3 is 10.2 Å². The molecule has 0 unspecified atom stereocenters. The molecule has 1 aromatic heterocycles. The third kappa shape index (κ3) is 4.47. The Morgan fingerprint density at radius 3 is 2.74 bits per heavy atom. The van der Waals surface area contributed by atoms with Gasteiger partial charge in [-0.2, -0.15) is 0 Å². The molecule has 0 saturated carbocycles. The number of furan rings is 1. The number of carbonyl (C=O) groups excluding carboxylic acids is 1. The summed E-state index contributed by atoms with van der Waals surface area (Å²) in [4.78, 5) is 21.6. The number of benzene rings is 1. The van der Waals surface area contributed by atoms with E-state index in [-0.39, 0.29) is 10.8 Å². The molecule has 0 aliphatic carbocycles. The van der Waals surface area contributed by atoms with Gasteiger partial charge in [0.2, 0.25) is 5.91 Å². The molecule has 0 aliphatic heterocycles. The maximum absolute atomic E-state index is 11.4. The van der Waals surface area contributed by atoms with Crippen LogP contribution < -0.4 is 11.1 Å². The van der Waals surface area contributed by atoms with Gasteiger partial charge in [0.15, 0.2) is 5.11 Å². The third-order valence-electron chi connectivity index (χ3n) is 2.70. The van der Waals surface area contributed by atoms with Crippen molar-refractivity contribution in [1.82, 2.24) is 5.32 Å². The Morgan fingerprint density at radius 1 is 1.39 bits per heavy atom. The van der Waals surface area contributed by atoms with Gasteiger partial charge in [-0.25, -0.2) is 0 Å². The smallest absolute Gasteiger partial charge is 0.270 e. The van der Waals surface area contributed by atoms with E-state index in [4.69, 9.17) is 10.2 Å². The van der Waals surface area contributed by atoms with Crippen molar-refractivity contribution in [2.75, 3.05) is 0 Å². The zero-order chi connectivity index (χ0) is 17.0. The Hall–Kier alpha value is -2.52. The lowest BCUT2D eigenvalue weighted by Gasteiger charge is -2.00. The number of hydrogen-bond acceptors (Lipinski definition) is 5. The molecule has 9 heteroatoms. The molecule has 1 heterocycles. The van der Waals surface area contributed by atoms with Crippen molar-refractivity contribution in [3.05, 3.63) is 56.8 Å². The summed E-state index contributed by atoms with van der Waals surface area (Å²) in [5, 5.41) is 12.9. The van der Waals surface area contributed by atoms with Crippen LogP contribution in [-0.2, 0) is 4.79 Å². The van der Waals surface area contributed by atoms with Crippen LogP contribution in [0.15, 0.2) is 45.3 Å². The second-order valence-electron chi connectivity index (χ2n) is 4.31. The number of non-ortho nitro benzene ring substituents is 1. The lowest BCUT2D eigenvalue weighted by molar-refractivity contribution is -0.384. The number of halogens is 1. The Bertz CT molecular complexity index is 816. The number of rotatable bonds is 4. The highest BCUT2D eigenvalue weighted by atomic mass is 79.9. The standard InChI is InChI=1S/C14H10BrN3O4S/c15-11-7-8(18(20)21)1-4-10(11)12-5-2-9(22-12)3-6-13(19)17-14(16)23/h1-7H,(H3,16,17,19,23)/b6-3+. The largest absolute Gasteiger partial charge is 0.457 e. The van der Waals surface area contributed by atoms with Crippen LogP contribution in [0.4, 0.5) is 5.69 Å². The zero-order valence-corrected chi connectivity index (χ0v) is 13.9. The molecule has 2 aromatic rings. The molecule has 2 rings (SSSR count). The molecular weight excluding hydrogens is 386 g/mol. The first-order chi connectivity index (χ1) is 10.9. The van der Waals surface area contributed by atoms with E-state index in [0.29, 0.717) is 21.6 Å². The highest BCUT2D eigenvalue weighted by Gasteiger charge is 2.12.